The van der Waals surface area contributed by atoms with Crippen LogP contribution in [0.3, 0.4) is 0 Å². The zero-order chi connectivity index (χ0) is 18.0. The molecule has 1 aromatic carbocycles. The molecule has 7 heteroatoms. The average molecular weight is 346 g/mol. The molecule has 2 amide bonds. The second-order valence-corrected chi connectivity index (χ2v) is 6.22. The van der Waals surface area contributed by atoms with Gasteiger partial charge in [-0.2, -0.15) is 0 Å². The van der Waals surface area contributed by atoms with Crippen LogP contribution in [0.1, 0.15) is 38.7 Å². The van der Waals surface area contributed by atoms with E-state index >= 15 is 0 Å². The Morgan fingerprint density at radius 1 is 1.32 bits per heavy atom. The number of methoxy groups -OCH3 is 1. The van der Waals surface area contributed by atoms with Crippen LogP contribution in [0.2, 0.25) is 0 Å². The second-order valence-electron chi connectivity index (χ2n) is 6.22. The minimum atomic E-state index is -0.805. The summed E-state index contributed by atoms with van der Waals surface area (Å²) in [6, 6.07) is 7.37. The van der Waals surface area contributed by atoms with Crippen LogP contribution in [0.5, 0.6) is 5.75 Å². The molecule has 0 aromatic heterocycles. The summed E-state index contributed by atoms with van der Waals surface area (Å²) in [5.41, 5.74) is 0.935. The van der Waals surface area contributed by atoms with E-state index in [4.69, 9.17) is 14.3 Å². The highest BCUT2D eigenvalue weighted by Crippen LogP contribution is 2.33. The van der Waals surface area contributed by atoms with E-state index in [9.17, 15) is 9.59 Å². The van der Waals surface area contributed by atoms with E-state index in [0.717, 1.165) is 11.3 Å². The summed E-state index contributed by atoms with van der Waals surface area (Å²) in [5, 5.41) is 4.04. The molecule has 1 fully saturated rings. The van der Waals surface area contributed by atoms with E-state index in [-0.39, 0.29) is 6.61 Å². The van der Waals surface area contributed by atoms with Crippen molar-refractivity contribution in [2.45, 2.75) is 44.8 Å². The average Bonchev–Trinajstić information content (AvgIpc) is 3.26. The number of rotatable bonds is 5. The lowest BCUT2D eigenvalue weighted by Crippen LogP contribution is -2.53. The molecule has 2 heterocycles. The van der Waals surface area contributed by atoms with Crippen molar-refractivity contribution in [3.8, 4) is 5.75 Å². The standard InChI is InChI=1S/C18H22N2O5/c1-4-18(5-2)11-24-17(22)20(18)16(21)15-10-14(19-25-15)12-6-8-13(23-3)9-7-12/h6-9,15H,4-5,10-11H2,1-3H3. The first-order chi connectivity index (χ1) is 12.0. The molecular weight excluding hydrogens is 324 g/mol. The fourth-order valence-electron chi connectivity index (χ4n) is 3.22. The summed E-state index contributed by atoms with van der Waals surface area (Å²) < 4.78 is 10.3. The Balaban J connectivity index is 1.73. The minimum Gasteiger partial charge on any atom is -0.497 e. The van der Waals surface area contributed by atoms with Gasteiger partial charge in [-0.1, -0.05) is 19.0 Å². The van der Waals surface area contributed by atoms with Crippen molar-refractivity contribution in [1.29, 1.82) is 0 Å². The number of hydrogen-bond donors (Lipinski definition) is 0. The zero-order valence-corrected chi connectivity index (χ0v) is 14.7. The molecule has 0 saturated carbocycles. The van der Waals surface area contributed by atoms with Gasteiger partial charge in [-0.15, -0.1) is 0 Å². The summed E-state index contributed by atoms with van der Waals surface area (Å²) in [5.74, 6) is 0.352. The highest BCUT2D eigenvalue weighted by atomic mass is 16.6. The summed E-state index contributed by atoms with van der Waals surface area (Å²) in [7, 11) is 1.60. The summed E-state index contributed by atoms with van der Waals surface area (Å²) in [6.45, 7) is 4.12. The van der Waals surface area contributed by atoms with E-state index in [2.05, 4.69) is 5.16 Å². The number of benzene rings is 1. The van der Waals surface area contributed by atoms with E-state index in [1.54, 1.807) is 7.11 Å². The molecular formula is C18H22N2O5. The molecule has 3 rings (SSSR count). The SMILES string of the molecule is CCC1(CC)COC(=O)N1C(=O)C1CC(c2ccc(OC)cc2)=NO1. The van der Waals surface area contributed by atoms with Gasteiger partial charge < -0.3 is 14.3 Å². The third-order valence-electron chi connectivity index (χ3n) is 5.03. The van der Waals surface area contributed by atoms with Crippen molar-refractivity contribution in [3.63, 3.8) is 0 Å². The predicted octanol–water partition coefficient (Wildman–Crippen LogP) is 2.73. The number of imide groups is 1. The van der Waals surface area contributed by atoms with E-state index in [0.29, 0.717) is 25.0 Å². The molecule has 1 unspecified atom stereocenters. The van der Waals surface area contributed by atoms with Gasteiger partial charge in [0.05, 0.1) is 18.4 Å². The highest BCUT2D eigenvalue weighted by Gasteiger charge is 2.51. The van der Waals surface area contributed by atoms with Crippen molar-refractivity contribution in [3.05, 3.63) is 29.8 Å². The van der Waals surface area contributed by atoms with E-state index in [1.807, 2.05) is 38.1 Å². The van der Waals surface area contributed by atoms with Gasteiger partial charge in [0.15, 0.2) is 0 Å². The van der Waals surface area contributed by atoms with Crippen molar-refractivity contribution in [2.75, 3.05) is 13.7 Å². The molecule has 7 nitrogen and oxygen atoms in total. The molecule has 134 valence electrons. The third kappa shape index (κ3) is 2.94. The second kappa shape index (κ2) is 6.74. The molecule has 2 aliphatic rings. The summed E-state index contributed by atoms with van der Waals surface area (Å²) in [6.07, 6.45) is 0.188. The predicted molar refractivity (Wildman–Crippen MR) is 90.5 cm³/mol. The Kier molecular flexibility index (Phi) is 4.65. The van der Waals surface area contributed by atoms with Crippen molar-refractivity contribution in [1.82, 2.24) is 4.90 Å². The lowest BCUT2D eigenvalue weighted by atomic mass is 9.92. The first-order valence-corrected chi connectivity index (χ1v) is 8.42. The van der Waals surface area contributed by atoms with Crippen LogP contribution in [-0.4, -0.2) is 48.0 Å². The molecule has 0 aliphatic carbocycles. The van der Waals surface area contributed by atoms with Gasteiger partial charge in [0, 0.05) is 6.42 Å². The fourth-order valence-corrected chi connectivity index (χ4v) is 3.22. The third-order valence-corrected chi connectivity index (χ3v) is 5.03. The van der Waals surface area contributed by atoms with Crippen LogP contribution in [0, 0.1) is 0 Å². The lowest BCUT2D eigenvalue weighted by Gasteiger charge is -2.32. The number of amides is 2. The van der Waals surface area contributed by atoms with Gasteiger partial charge in [-0.3, -0.25) is 4.79 Å². The normalized spacial score (nSPS) is 21.6. The largest absolute Gasteiger partial charge is 0.497 e. The van der Waals surface area contributed by atoms with Gasteiger partial charge >= 0.3 is 6.09 Å². The maximum atomic E-state index is 12.9. The highest BCUT2D eigenvalue weighted by molar-refractivity contribution is 6.06. The van der Waals surface area contributed by atoms with Crippen LogP contribution >= 0.6 is 0 Å². The van der Waals surface area contributed by atoms with Crippen LogP contribution in [0.4, 0.5) is 4.79 Å². The van der Waals surface area contributed by atoms with Gasteiger partial charge in [0.1, 0.15) is 12.4 Å². The monoisotopic (exact) mass is 346 g/mol. The van der Waals surface area contributed by atoms with Gasteiger partial charge in [-0.05, 0) is 42.7 Å². The molecule has 25 heavy (non-hydrogen) atoms. The Hall–Kier alpha value is -2.57. The van der Waals surface area contributed by atoms with Crippen LogP contribution in [-0.2, 0) is 14.4 Å². The zero-order valence-electron chi connectivity index (χ0n) is 14.7. The number of cyclic esters (lactones) is 1. The number of carbonyl (C=O) groups excluding carboxylic acids is 2. The number of carbonyl (C=O) groups is 2. The topological polar surface area (TPSA) is 77.4 Å². The molecule has 0 bridgehead atoms. The summed E-state index contributed by atoms with van der Waals surface area (Å²) >= 11 is 0. The molecule has 1 atom stereocenters. The summed E-state index contributed by atoms with van der Waals surface area (Å²) in [4.78, 5) is 31.5. The van der Waals surface area contributed by atoms with Crippen molar-refractivity contribution >= 4 is 17.7 Å². The Morgan fingerprint density at radius 2 is 2.00 bits per heavy atom. The molecule has 0 N–H and O–H groups in total. The van der Waals surface area contributed by atoms with Crippen LogP contribution < -0.4 is 4.74 Å². The van der Waals surface area contributed by atoms with Crippen LogP contribution in [0.15, 0.2) is 29.4 Å². The minimum absolute atomic E-state index is 0.226. The van der Waals surface area contributed by atoms with Gasteiger partial charge in [-0.25, -0.2) is 9.69 Å². The molecule has 0 spiro atoms. The van der Waals surface area contributed by atoms with Gasteiger partial charge in [0.2, 0.25) is 6.10 Å². The number of oxime groups is 1. The van der Waals surface area contributed by atoms with Gasteiger partial charge in [0.25, 0.3) is 5.91 Å². The number of ether oxygens (including phenoxy) is 2. The maximum Gasteiger partial charge on any atom is 0.417 e. The number of hydrogen-bond acceptors (Lipinski definition) is 6. The van der Waals surface area contributed by atoms with Crippen LogP contribution in [0.25, 0.3) is 0 Å². The lowest BCUT2D eigenvalue weighted by molar-refractivity contribution is -0.142. The fraction of sp³-hybridized carbons (Fsp3) is 0.500. The van der Waals surface area contributed by atoms with E-state index < -0.39 is 23.6 Å². The quantitative estimate of drug-likeness (QED) is 0.819. The molecule has 1 saturated heterocycles. The number of nitrogens with zero attached hydrogens (tertiary/aromatic N) is 2. The Morgan fingerprint density at radius 3 is 2.60 bits per heavy atom. The van der Waals surface area contributed by atoms with Crippen molar-refractivity contribution < 1.29 is 23.9 Å². The Labute approximate surface area is 146 Å². The Bertz CT molecular complexity index is 694. The van der Waals surface area contributed by atoms with Crippen molar-refractivity contribution in [2.24, 2.45) is 5.16 Å². The molecule has 2 aliphatic heterocycles. The molecule has 1 aromatic rings. The maximum absolute atomic E-state index is 12.9. The first kappa shape index (κ1) is 17.3. The van der Waals surface area contributed by atoms with E-state index in [1.165, 1.54) is 4.90 Å². The smallest absolute Gasteiger partial charge is 0.417 e. The first-order valence-electron chi connectivity index (χ1n) is 8.42. The molecule has 0 radical (unpaired) electrons.